The summed E-state index contributed by atoms with van der Waals surface area (Å²) in [5.41, 5.74) is 0.0980. The van der Waals surface area contributed by atoms with Crippen molar-refractivity contribution in [2.45, 2.75) is 43.5 Å². The number of anilines is 1. The molecule has 0 spiro atoms. The fraction of sp³-hybridized carbons (Fsp3) is 0.684. The van der Waals surface area contributed by atoms with Crippen LogP contribution in [0, 0.1) is 16.0 Å². The number of morpholine rings is 1. The number of hydrogen-bond donors (Lipinski definition) is 2. The average Bonchev–Trinajstić information content (AvgIpc) is 2.70. The summed E-state index contributed by atoms with van der Waals surface area (Å²) in [7, 11) is -3.79. The molecule has 2 aliphatic rings. The molecule has 0 radical (unpaired) electrons. The summed E-state index contributed by atoms with van der Waals surface area (Å²) in [5, 5.41) is 14.6. The van der Waals surface area contributed by atoms with Crippen molar-refractivity contribution in [3.63, 3.8) is 0 Å². The lowest BCUT2D eigenvalue weighted by atomic mass is 9.88. The van der Waals surface area contributed by atoms with E-state index in [-0.39, 0.29) is 16.6 Å². The second-order valence-corrected chi connectivity index (χ2v) is 9.61. The van der Waals surface area contributed by atoms with E-state index in [0.29, 0.717) is 31.4 Å². The lowest BCUT2D eigenvalue weighted by Crippen LogP contribution is -2.39. The van der Waals surface area contributed by atoms with Crippen LogP contribution in [0.25, 0.3) is 0 Å². The van der Waals surface area contributed by atoms with E-state index in [0.717, 1.165) is 51.4 Å². The van der Waals surface area contributed by atoms with Gasteiger partial charge in [0.05, 0.1) is 23.0 Å². The number of benzene rings is 1. The van der Waals surface area contributed by atoms with Crippen molar-refractivity contribution < 1.29 is 18.1 Å². The number of nitrogens with one attached hydrogen (secondary N) is 2. The molecule has 1 aromatic carbocycles. The predicted molar refractivity (Wildman–Crippen MR) is 111 cm³/mol. The molecule has 1 aromatic rings. The van der Waals surface area contributed by atoms with Gasteiger partial charge in [-0.2, -0.15) is 0 Å². The van der Waals surface area contributed by atoms with Crippen molar-refractivity contribution in [1.82, 2.24) is 9.62 Å². The van der Waals surface area contributed by atoms with Crippen LogP contribution in [0.4, 0.5) is 11.4 Å². The topological polar surface area (TPSA) is 114 Å². The first-order valence-corrected chi connectivity index (χ1v) is 11.7. The highest BCUT2D eigenvalue weighted by Gasteiger charge is 2.26. The number of nitrogens with zero attached hydrogens (tertiary/aromatic N) is 2. The van der Waals surface area contributed by atoms with E-state index in [2.05, 4.69) is 21.9 Å². The van der Waals surface area contributed by atoms with Gasteiger partial charge < -0.3 is 10.1 Å². The Morgan fingerprint density at radius 3 is 2.55 bits per heavy atom. The van der Waals surface area contributed by atoms with E-state index < -0.39 is 14.9 Å². The highest BCUT2D eigenvalue weighted by Crippen LogP contribution is 2.29. The molecular weight excluding hydrogens is 396 g/mol. The SMILES string of the molecule is CC1CCC(NS(=O)(=O)c2ccc(NCCN3CCOCC3)c([N+](=O)[O-])c2)CC1. The van der Waals surface area contributed by atoms with E-state index in [1.54, 1.807) is 0 Å². The van der Waals surface area contributed by atoms with E-state index in [9.17, 15) is 18.5 Å². The molecule has 1 aliphatic heterocycles. The Morgan fingerprint density at radius 2 is 1.90 bits per heavy atom. The first-order chi connectivity index (χ1) is 13.8. The summed E-state index contributed by atoms with van der Waals surface area (Å²) in [4.78, 5) is 13.1. The van der Waals surface area contributed by atoms with Gasteiger partial charge in [-0.1, -0.05) is 6.92 Å². The molecule has 3 rings (SSSR count). The van der Waals surface area contributed by atoms with Crippen LogP contribution in [0.5, 0.6) is 0 Å². The van der Waals surface area contributed by atoms with E-state index in [4.69, 9.17) is 4.74 Å². The molecule has 0 bridgehead atoms. The van der Waals surface area contributed by atoms with Crippen molar-refractivity contribution in [1.29, 1.82) is 0 Å². The molecule has 2 N–H and O–H groups in total. The summed E-state index contributed by atoms with van der Waals surface area (Å²) >= 11 is 0. The van der Waals surface area contributed by atoms with Crippen LogP contribution >= 0.6 is 0 Å². The number of rotatable bonds is 8. The number of ether oxygens (including phenoxy) is 1. The summed E-state index contributed by atoms with van der Waals surface area (Å²) in [6.45, 7) is 6.50. The molecule has 1 aliphatic carbocycles. The van der Waals surface area contributed by atoms with Gasteiger partial charge in [-0.25, -0.2) is 13.1 Å². The minimum Gasteiger partial charge on any atom is -0.379 e. The molecule has 0 amide bonds. The van der Waals surface area contributed by atoms with E-state index in [1.165, 1.54) is 12.1 Å². The lowest BCUT2D eigenvalue weighted by molar-refractivity contribution is -0.384. The van der Waals surface area contributed by atoms with Crippen LogP contribution < -0.4 is 10.0 Å². The fourth-order valence-electron chi connectivity index (χ4n) is 3.82. The number of nitro groups is 1. The van der Waals surface area contributed by atoms with Gasteiger partial charge in [0.15, 0.2) is 0 Å². The molecule has 1 saturated carbocycles. The number of sulfonamides is 1. The Kier molecular flexibility index (Phi) is 7.44. The zero-order valence-corrected chi connectivity index (χ0v) is 17.6. The van der Waals surface area contributed by atoms with Gasteiger partial charge in [-0.05, 0) is 43.7 Å². The Bertz CT molecular complexity index is 803. The molecule has 0 aromatic heterocycles. The normalized spacial score (nSPS) is 23.6. The highest BCUT2D eigenvalue weighted by molar-refractivity contribution is 7.89. The Labute approximate surface area is 172 Å². The summed E-state index contributed by atoms with van der Waals surface area (Å²) in [5.74, 6) is 0.611. The van der Waals surface area contributed by atoms with Crippen LogP contribution in [0.2, 0.25) is 0 Å². The monoisotopic (exact) mass is 426 g/mol. The van der Waals surface area contributed by atoms with Crippen molar-refractivity contribution in [2.24, 2.45) is 5.92 Å². The molecule has 0 unspecified atom stereocenters. The molecule has 162 valence electrons. The summed E-state index contributed by atoms with van der Waals surface area (Å²) in [6, 6.07) is 3.94. The highest BCUT2D eigenvalue weighted by atomic mass is 32.2. The van der Waals surface area contributed by atoms with Crippen LogP contribution in [0.1, 0.15) is 32.6 Å². The van der Waals surface area contributed by atoms with Crippen molar-refractivity contribution in [2.75, 3.05) is 44.7 Å². The maximum absolute atomic E-state index is 12.7. The van der Waals surface area contributed by atoms with Gasteiger partial charge >= 0.3 is 0 Å². The quantitative estimate of drug-likeness (QED) is 0.484. The zero-order valence-electron chi connectivity index (χ0n) is 16.8. The second kappa shape index (κ2) is 9.84. The lowest BCUT2D eigenvalue weighted by Gasteiger charge is -2.27. The molecule has 9 nitrogen and oxygen atoms in total. The maximum atomic E-state index is 12.7. The zero-order chi connectivity index (χ0) is 20.9. The smallest absolute Gasteiger partial charge is 0.293 e. The van der Waals surface area contributed by atoms with Gasteiger partial charge in [0.1, 0.15) is 5.69 Å². The first kappa shape index (κ1) is 21.9. The second-order valence-electron chi connectivity index (χ2n) is 7.89. The van der Waals surface area contributed by atoms with Crippen molar-refractivity contribution in [3.05, 3.63) is 28.3 Å². The Hall–Kier alpha value is -1.75. The van der Waals surface area contributed by atoms with Gasteiger partial charge in [0, 0.05) is 38.3 Å². The fourth-order valence-corrected chi connectivity index (χ4v) is 5.14. The van der Waals surface area contributed by atoms with E-state index >= 15 is 0 Å². The molecule has 0 atom stereocenters. The summed E-state index contributed by atoms with van der Waals surface area (Å²) in [6.07, 6.45) is 3.56. The van der Waals surface area contributed by atoms with Crippen LogP contribution in [-0.4, -0.2) is 63.7 Å². The summed E-state index contributed by atoms with van der Waals surface area (Å²) < 4.78 is 33.5. The number of nitro benzene ring substituents is 1. The van der Waals surface area contributed by atoms with Crippen LogP contribution in [-0.2, 0) is 14.8 Å². The Morgan fingerprint density at radius 1 is 1.21 bits per heavy atom. The predicted octanol–water partition coefficient (Wildman–Crippen LogP) is 2.20. The molecule has 2 fully saturated rings. The average molecular weight is 427 g/mol. The molecule has 1 heterocycles. The minimum atomic E-state index is -3.79. The van der Waals surface area contributed by atoms with Gasteiger partial charge in [0.2, 0.25) is 10.0 Å². The minimum absolute atomic E-state index is 0.0680. The van der Waals surface area contributed by atoms with Gasteiger partial charge in [-0.15, -0.1) is 0 Å². The molecule has 29 heavy (non-hydrogen) atoms. The van der Waals surface area contributed by atoms with Crippen molar-refractivity contribution in [3.8, 4) is 0 Å². The van der Waals surface area contributed by atoms with Crippen LogP contribution in [0.15, 0.2) is 23.1 Å². The van der Waals surface area contributed by atoms with Gasteiger partial charge in [-0.3, -0.25) is 15.0 Å². The third kappa shape index (κ3) is 6.11. The molecule has 10 heteroatoms. The van der Waals surface area contributed by atoms with Gasteiger partial charge in [0.25, 0.3) is 5.69 Å². The standard InChI is InChI=1S/C19H30N4O5S/c1-15-2-4-16(5-3-15)21-29(26,27)17-6-7-18(19(14-17)23(24)25)20-8-9-22-10-12-28-13-11-22/h6-7,14-16,20-21H,2-5,8-13H2,1H3. The third-order valence-corrected chi connectivity index (χ3v) is 7.18. The third-order valence-electron chi connectivity index (χ3n) is 5.66. The number of hydrogen-bond acceptors (Lipinski definition) is 7. The first-order valence-electron chi connectivity index (χ1n) is 10.2. The largest absolute Gasteiger partial charge is 0.379 e. The molecule has 1 saturated heterocycles. The maximum Gasteiger partial charge on any atom is 0.293 e. The van der Waals surface area contributed by atoms with Crippen LogP contribution in [0.3, 0.4) is 0 Å². The van der Waals surface area contributed by atoms with E-state index in [1.807, 2.05) is 0 Å². The van der Waals surface area contributed by atoms with Crippen molar-refractivity contribution >= 4 is 21.4 Å². The Balaban J connectivity index is 1.65. The molecular formula is C19H30N4O5S.